The minimum absolute atomic E-state index is 0.101. The van der Waals surface area contributed by atoms with Crippen LogP contribution in [0.2, 0.25) is 0 Å². The lowest BCUT2D eigenvalue weighted by Gasteiger charge is -1.94. The molecule has 1 aromatic carbocycles. The third kappa shape index (κ3) is 3.43. The Kier molecular flexibility index (Phi) is 4.43. The van der Waals surface area contributed by atoms with E-state index in [0.717, 1.165) is 4.47 Å². The minimum atomic E-state index is 0.101. The molecule has 12 heavy (non-hydrogen) atoms. The number of benzene rings is 1. The van der Waals surface area contributed by atoms with Gasteiger partial charge >= 0.3 is 0 Å². The zero-order valence-corrected chi connectivity index (χ0v) is 8.81. The molecule has 0 atom stereocenters. The topological polar surface area (TPSA) is 20.2 Å². The van der Waals surface area contributed by atoms with Gasteiger partial charge in [0.15, 0.2) is 0 Å². The molecule has 0 heterocycles. The monoisotopic (exact) mass is 244 g/mol. The van der Waals surface area contributed by atoms with E-state index in [1.165, 1.54) is 4.90 Å². The van der Waals surface area contributed by atoms with Crippen LogP contribution in [0, 0.1) is 0 Å². The van der Waals surface area contributed by atoms with Gasteiger partial charge < -0.3 is 5.11 Å². The van der Waals surface area contributed by atoms with Crippen molar-refractivity contribution < 1.29 is 5.11 Å². The van der Waals surface area contributed by atoms with E-state index in [0.29, 0.717) is 0 Å². The molecule has 1 N–H and O–H groups in total. The maximum atomic E-state index is 8.48. The summed E-state index contributed by atoms with van der Waals surface area (Å²) in [6.07, 6.45) is 1.71. The Morgan fingerprint density at radius 1 is 1.33 bits per heavy atom. The van der Waals surface area contributed by atoms with Crippen LogP contribution in [0.4, 0.5) is 0 Å². The Hall–Kier alpha value is -0.250. The summed E-state index contributed by atoms with van der Waals surface area (Å²) >= 11 is 4.95. The van der Waals surface area contributed by atoms with E-state index in [9.17, 15) is 0 Å². The summed E-state index contributed by atoms with van der Waals surface area (Å²) in [5.41, 5.74) is 0. The van der Waals surface area contributed by atoms with Crippen molar-refractivity contribution in [3.63, 3.8) is 0 Å². The molecule has 0 aromatic heterocycles. The summed E-state index contributed by atoms with van der Waals surface area (Å²) in [6.45, 7) is 0.101. The van der Waals surface area contributed by atoms with Gasteiger partial charge in [0.05, 0.1) is 6.61 Å². The predicted octanol–water partition coefficient (Wildman–Crippen LogP) is 3.05. The number of rotatable bonds is 3. The molecule has 0 spiro atoms. The zero-order valence-electron chi connectivity index (χ0n) is 6.40. The normalized spacial score (nSPS) is 10.8. The van der Waals surface area contributed by atoms with Crippen LogP contribution >= 0.6 is 27.7 Å². The van der Waals surface area contributed by atoms with Gasteiger partial charge in [0.1, 0.15) is 0 Å². The number of halogens is 1. The van der Waals surface area contributed by atoms with E-state index >= 15 is 0 Å². The van der Waals surface area contributed by atoms with Crippen LogP contribution in [0.3, 0.4) is 0 Å². The number of hydrogen-bond donors (Lipinski definition) is 1. The fourth-order valence-corrected chi connectivity index (χ4v) is 1.58. The van der Waals surface area contributed by atoms with Gasteiger partial charge in [-0.2, -0.15) is 0 Å². The summed E-state index contributed by atoms with van der Waals surface area (Å²) in [5, 5.41) is 10.4. The first-order valence-electron chi connectivity index (χ1n) is 3.51. The molecule has 0 aliphatic rings. The van der Waals surface area contributed by atoms with Crippen molar-refractivity contribution in [1.29, 1.82) is 0 Å². The van der Waals surface area contributed by atoms with E-state index < -0.39 is 0 Å². The van der Waals surface area contributed by atoms with Crippen molar-refractivity contribution in [2.45, 2.75) is 4.90 Å². The fourth-order valence-electron chi connectivity index (χ4n) is 0.683. The average Bonchev–Trinajstić information content (AvgIpc) is 2.09. The molecule has 0 unspecified atom stereocenters. The van der Waals surface area contributed by atoms with Crippen molar-refractivity contribution in [3.05, 3.63) is 40.2 Å². The Labute approximate surface area is 84.6 Å². The molecular formula is C9H9BrOS. The maximum Gasteiger partial charge on any atom is 0.0620 e. The molecule has 0 radical (unpaired) electrons. The van der Waals surface area contributed by atoms with Gasteiger partial charge in [-0.05, 0) is 29.7 Å². The van der Waals surface area contributed by atoms with Gasteiger partial charge in [-0.25, -0.2) is 0 Å². The van der Waals surface area contributed by atoms with Gasteiger partial charge in [0.25, 0.3) is 0 Å². The molecule has 0 amide bonds. The number of aliphatic hydroxyl groups is 1. The van der Waals surface area contributed by atoms with Crippen LogP contribution < -0.4 is 0 Å². The largest absolute Gasteiger partial charge is 0.392 e. The number of hydrogen-bond acceptors (Lipinski definition) is 2. The van der Waals surface area contributed by atoms with Crippen LogP contribution in [-0.2, 0) is 0 Å². The van der Waals surface area contributed by atoms with Crippen LogP contribution in [0.15, 0.2) is 45.1 Å². The van der Waals surface area contributed by atoms with Crippen molar-refractivity contribution in [1.82, 2.24) is 0 Å². The summed E-state index contributed by atoms with van der Waals surface area (Å²) in [6, 6.07) is 8.04. The first-order chi connectivity index (χ1) is 5.83. The van der Waals surface area contributed by atoms with Gasteiger partial charge in [-0.15, -0.1) is 0 Å². The van der Waals surface area contributed by atoms with Crippen molar-refractivity contribution >= 4 is 27.7 Å². The van der Waals surface area contributed by atoms with Crippen LogP contribution in [0.25, 0.3) is 0 Å². The first-order valence-corrected chi connectivity index (χ1v) is 5.18. The second-order valence-electron chi connectivity index (χ2n) is 2.13. The van der Waals surface area contributed by atoms with E-state index in [4.69, 9.17) is 5.11 Å². The van der Waals surface area contributed by atoms with Crippen LogP contribution in [0.1, 0.15) is 0 Å². The predicted molar refractivity (Wildman–Crippen MR) is 56.2 cm³/mol. The van der Waals surface area contributed by atoms with Crippen LogP contribution in [-0.4, -0.2) is 11.7 Å². The zero-order chi connectivity index (χ0) is 8.81. The molecule has 0 aliphatic heterocycles. The summed E-state index contributed by atoms with van der Waals surface area (Å²) in [7, 11) is 0. The lowest BCUT2D eigenvalue weighted by molar-refractivity contribution is 0.343. The summed E-state index contributed by atoms with van der Waals surface area (Å²) < 4.78 is 1.08. The molecule has 0 fully saturated rings. The second kappa shape index (κ2) is 5.41. The molecule has 0 bridgehead atoms. The molecule has 3 heteroatoms. The highest BCUT2D eigenvalue weighted by atomic mass is 79.9. The van der Waals surface area contributed by atoms with Gasteiger partial charge in [-0.3, -0.25) is 0 Å². The number of aliphatic hydroxyl groups excluding tert-OH is 1. The molecule has 64 valence electrons. The maximum absolute atomic E-state index is 8.48. The molecule has 1 rings (SSSR count). The van der Waals surface area contributed by atoms with E-state index in [2.05, 4.69) is 15.9 Å². The Bertz CT molecular complexity index is 256. The lowest BCUT2D eigenvalue weighted by atomic mass is 10.4. The quantitative estimate of drug-likeness (QED) is 0.826. The van der Waals surface area contributed by atoms with E-state index in [1.54, 1.807) is 17.8 Å². The standard InChI is InChI=1S/C9H9BrOS/c10-8-2-4-9(5-3-8)12-7-1-6-11/h1-5,7,11H,6H2/b7-1-. The Balaban J connectivity index is 2.53. The Morgan fingerprint density at radius 2 is 2.00 bits per heavy atom. The molecule has 1 nitrogen and oxygen atoms in total. The fraction of sp³-hybridized carbons (Fsp3) is 0.111. The third-order valence-corrected chi connectivity index (χ3v) is 2.62. The number of thioether (sulfide) groups is 1. The third-order valence-electron chi connectivity index (χ3n) is 1.22. The SMILES string of the molecule is OC/C=C\Sc1ccc(Br)cc1. The molecule has 0 saturated carbocycles. The minimum Gasteiger partial charge on any atom is -0.392 e. The van der Waals surface area contributed by atoms with E-state index in [-0.39, 0.29) is 6.61 Å². The molecule has 0 aliphatic carbocycles. The van der Waals surface area contributed by atoms with Gasteiger partial charge in [0, 0.05) is 9.37 Å². The molecular weight excluding hydrogens is 236 g/mol. The van der Waals surface area contributed by atoms with Gasteiger partial charge in [0.2, 0.25) is 0 Å². The highest BCUT2D eigenvalue weighted by molar-refractivity contribution is 9.10. The lowest BCUT2D eigenvalue weighted by Crippen LogP contribution is -1.70. The average molecular weight is 245 g/mol. The smallest absolute Gasteiger partial charge is 0.0620 e. The molecule has 0 saturated heterocycles. The van der Waals surface area contributed by atoms with Crippen molar-refractivity contribution in [3.8, 4) is 0 Å². The first kappa shape index (κ1) is 9.84. The molecule has 1 aromatic rings. The summed E-state index contributed by atoms with van der Waals surface area (Å²) in [4.78, 5) is 1.17. The highest BCUT2D eigenvalue weighted by Crippen LogP contribution is 2.21. The highest BCUT2D eigenvalue weighted by Gasteiger charge is 1.89. The van der Waals surface area contributed by atoms with Gasteiger partial charge in [-0.1, -0.05) is 33.8 Å². The van der Waals surface area contributed by atoms with E-state index in [1.807, 2.05) is 29.7 Å². The second-order valence-corrected chi connectivity index (χ2v) is 4.02. The van der Waals surface area contributed by atoms with Crippen molar-refractivity contribution in [2.24, 2.45) is 0 Å². The van der Waals surface area contributed by atoms with Crippen molar-refractivity contribution in [2.75, 3.05) is 6.61 Å². The van der Waals surface area contributed by atoms with Crippen LogP contribution in [0.5, 0.6) is 0 Å². The summed E-state index contributed by atoms with van der Waals surface area (Å²) in [5.74, 6) is 0. The Morgan fingerprint density at radius 3 is 2.58 bits per heavy atom.